The predicted molar refractivity (Wildman–Crippen MR) is 107 cm³/mol. The van der Waals surface area contributed by atoms with Crippen LogP contribution in [0.15, 0.2) is 23.1 Å². The van der Waals surface area contributed by atoms with Gasteiger partial charge in [-0.05, 0) is 38.5 Å². The fraction of sp³-hybridized carbons (Fsp3) is 0.632. The van der Waals surface area contributed by atoms with E-state index in [4.69, 9.17) is 16.3 Å². The van der Waals surface area contributed by atoms with Gasteiger partial charge < -0.3 is 10.1 Å². The molecule has 1 amide bonds. The number of morpholine rings is 1. The number of nitrogens with one attached hydrogen (secondary N) is 1. The second kappa shape index (κ2) is 9.87. The molecule has 6 nitrogen and oxygen atoms in total. The smallest absolute Gasteiger partial charge is 0.251 e. The van der Waals surface area contributed by atoms with Crippen LogP contribution in [0.4, 0.5) is 0 Å². The second-order valence-electron chi connectivity index (χ2n) is 7.04. The van der Waals surface area contributed by atoms with E-state index in [1.165, 1.54) is 16.4 Å². The van der Waals surface area contributed by atoms with Crippen molar-refractivity contribution < 1.29 is 17.9 Å². The third kappa shape index (κ3) is 5.91. The van der Waals surface area contributed by atoms with Crippen LogP contribution in [0, 0.1) is 0 Å². The Hall–Kier alpha value is -1.15. The van der Waals surface area contributed by atoms with Crippen molar-refractivity contribution in [1.82, 2.24) is 9.62 Å². The van der Waals surface area contributed by atoms with Crippen LogP contribution in [-0.4, -0.2) is 50.5 Å². The van der Waals surface area contributed by atoms with Crippen LogP contribution in [-0.2, 0) is 14.8 Å². The van der Waals surface area contributed by atoms with E-state index in [0.29, 0.717) is 12.1 Å². The molecule has 2 rings (SSSR count). The highest BCUT2D eigenvalue weighted by atomic mass is 35.5. The summed E-state index contributed by atoms with van der Waals surface area (Å²) in [5, 5.41) is 2.95. The number of sulfonamides is 1. The van der Waals surface area contributed by atoms with Gasteiger partial charge in [0.1, 0.15) is 4.90 Å². The van der Waals surface area contributed by atoms with E-state index in [2.05, 4.69) is 12.2 Å². The summed E-state index contributed by atoms with van der Waals surface area (Å²) in [6.45, 7) is 6.89. The molecule has 0 bridgehead atoms. The molecule has 0 aliphatic carbocycles. The summed E-state index contributed by atoms with van der Waals surface area (Å²) in [5.41, 5.74) is 0.294. The van der Waals surface area contributed by atoms with E-state index >= 15 is 0 Å². The van der Waals surface area contributed by atoms with E-state index in [-0.39, 0.29) is 41.1 Å². The molecule has 1 saturated heterocycles. The Morgan fingerprint density at radius 3 is 2.52 bits per heavy atom. The first kappa shape index (κ1) is 22.1. The van der Waals surface area contributed by atoms with Gasteiger partial charge in [0.25, 0.3) is 5.91 Å². The minimum absolute atomic E-state index is 0.0379. The number of carbonyl (C=O) groups is 1. The third-order valence-corrected chi connectivity index (χ3v) is 6.83. The normalized spacial score (nSPS) is 21.2. The Kier molecular flexibility index (Phi) is 8.09. The molecule has 1 aliphatic heterocycles. The van der Waals surface area contributed by atoms with E-state index in [1.807, 2.05) is 13.8 Å². The lowest BCUT2D eigenvalue weighted by molar-refractivity contribution is -0.0440. The van der Waals surface area contributed by atoms with Crippen LogP contribution in [0.3, 0.4) is 0 Å². The van der Waals surface area contributed by atoms with Crippen molar-refractivity contribution in [3.63, 3.8) is 0 Å². The van der Waals surface area contributed by atoms with Crippen LogP contribution in [0.5, 0.6) is 0 Å². The monoisotopic (exact) mass is 416 g/mol. The Morgan fingerprint density at radius 1 is 1.22 bits per heavy atom. The van der Waals surface area contributed by atoms with Gasteiger partial charge in [0.05, 0.1) is 17.2 Å². The molecule has 0 saturated carbocycles. The van der Waals surface area contributed by atoms with Gasteiger partial charge >= 0.3 is 0 Å². The largest absolute Gasteiger partial charge is 0.373 e. The molecule has 2 unspecified atom stereocenters. The van der Waals surface area contributed by atoms with Crippen molar-refractivity contribution in [2.45, 2.75) is 63.6 Å². The number of carbonyl (C=O) groups excluding carboxylic acids is 1. The predicted octanol–water partition coefficient (Wildman–Crippen LogP) is 3.45. The molecule has 8 heteroatoms. The van der Waals surface area contributed by atoms with Crippen molar-refractivity contribution in [3.05, 3.63) is 28.8 Å². The third-order valence-electron chi connectivity index (χ3n) is 4.51. The van der Waals surface area contributed by atoms with Crippen LogP contribution in [0.2, 0.25) is 5.02 Å². The summed E-state index contributed by atoms with van der Waals surface area (Å²) in [5.74, 6) is -0.289. The Labute approximate surface area is 167 Å². The van der Waals surface area contributed by atoms with Gasteiger partial charge in [-0.1, -0.05) is 37.8 Å². The van der Waals surface area contributed by atoms with Crippen LogP contribution in [0.1, 0.15) is 56.8 Å². The number of halogens is 1. The van der Waals surface area contributed by atoms with Crippen molar-refractivity contribution >= 4 is 27.5 Å². The van der Waals surface area contributed by atoms with Gasteiger partial charge in [0.15, 0.2) is 0 Å². The van der Waals surface area contributed by atoms with Crippen LogP contribution >= 0.6 is 11.6 Å². The van der Waals surface area contributed by atoms with E-state index < -0.39 is 10.0 Å². The number of hydrogen-bond acceptors (Lipinski definition) is 4. The number of hydrogen-bond donors (Lipinski definition) is 1. The molecule has 1 aromatic carbocycles. The number of ether oxygens (including phenoxy) is 1. The van der Waals surface area contributed by atoms with Gasteiger partial charge in [0, 0.05) is 25.2 Å². The SMILES string of the molecule is CCCCCCNC(=O)c1ccc(Cl)c(S(=O)(=O)N2CC(C)OC(C)C2)c1. The molecule has 1 N–H and O–H groups in total. The molecule has 0 spiro atoms. The summed E-state index contributed by atoms with van der Waals surface area (Å²) < 4.78 is 33.1. The van der Waals surface area contributed by atoms with Gasteiger partial charge in [-0.3, -0.25) is 4.79 Å². The zero-order valence-electron chi connectivity index (χ0n) is 16.2. The van der Waals surface area contributed by atoms with E-state index in [0.717, 1.165) is 25.7 Å². The van der Waals surface area contributed by atoms with Crippen molar-refractivity contribution in [1.29, 1.82) is 0 Å². The Balaban J connectivity index is 2.15. The number of rotatable bonds is 8. The first-order valence-electron chi connectivity index (χ1n) is 9.49. The molecular formula is C19H29ClN2O4S. The fourth-order valence-corrected chi connectivity index (χ4v) is 5.26. The lowest BCUT2D eigenvalue weighted by Crippen LogP contribution is -2.48. The van der Waals surface area contributed by atoms with Crippen molar-refractivity contribution in [3.8, 4) is 0 Å². The zero-order valence-corrected chi connectivity index (χ0v) is 17.8. The number of amides is 1. The summed E-state index contributed by atoms with van der Waals surface area (Å²) in [6, 6.07) is 4.38. The molecule has 1 aliphatic rings. The molecule has 1 fully saturated rings. The van der Waals surface area contributed by atoms with Gasteiger partial charge in [0.2, 0.25) is 10.0 Å². The molecule has 2 atom stereocenters. The number of unbranched alkanes of at least 4 members (excludes halogenated alkanes) is 3. The molecule has 0 aromatic heterocycles. The summed E-state index contributed by atoms with van der Waals surface area (Å²) in [6.07, 6.45) is 3.83. The van der Waals surface area contributed by atoms with Gasteiger partial charge in [-0.2, -0.15) is 4.31 Å². The molecule has 1 aromatic rings. The van der Waals surface area contributed by atoms with Gasteiger partial charge in [-0.25, -0.2) is 8.42 Å². The van der Waals surface area contributed by atoms with Crippen molar-refractivity contribution in [2.75, 3.05) is 19.6 Å². The number of nitrogens with zero attached hydrogens (tertiary/aromatic N) is 1. The van der Waals surface area contributed by atoms with Crippen molar-refractivity contribution in [2.24, 2.45) is 0 Å². The highest BCUT2D eigenvalue weighted by Crippen LogP contribution is 2.28. The lowest BCUT2D eigenvalue weighted by Gasteiger charge is -2.34. The minimum atomic E-state index is -3.81. The average Bonchev–Trinajstić information content (AvgIpc) is 2.60. The summed E-state index contributed by atoms with van der Waals surface area (Å²) in [7, 11) is -3.81. The zero-order chi connectivity index (χ0) is 20.0. The van der Waals surface area contributed by atoms with Gasteiger partial charge in [-0.15, -0.1) is 0 Å². The first-order chi connectivity index (χ1) is 12.8. The quantitative estimate of drug-likeness (QED) is 0.658. The molecule has 152 valence electrons. The fourth-order valence-electron chi connectivity index (χ4n) is 3.16. The first-order valence-corrected chi connectivity index (χ1v) is 11.3. The molecule has 1 heterocycles. The topological polar surface area (TPSA) is 75.7 Å². The standard InChI is InChI=1S/C19H29ClN2O4S/c1-4-5-6-7-10-21-19(23)16-8-9-17(20)18(11-16)27(24,25)22-12-14(2)26-15(3)13-22/h8-9,11,14-15H,4-7,10,12-13H2,1-3H3,(H,21,23). The molecular weight excluding hydrogens is 388 g/mol. The lowest BCUT2D eigenvalue weighted by atomic mass is 10.2. The van der Waals surface area contributed by atoms with Crippen LogP contribution < -0.4 is 5.32 Å². The second-order valence-corrected chi connectivity index (χ2v) is 9.35. The van der Waals surface area contributed by atoms with Crippen LogP contribution in [0.25, 0.3) is 0 Å². The number of benzene rings is 1. The summed E-state index contributed by atoms with van der Waals surface area (Å²) >= 11 is 6.17. The average molecular weight is 417 g/mol. The maximum Gasteiger partial charge on any atom is 0.251 e. The summed E-state index contributed by atoms with van der Waals surface area (Å²) in [4.78, 5) is 12.3. The van der Waals surface area contributed by atoms with E-state index in [9.17, 15) is 13.2 Å². The highest BCUT2D eigenvalue weighted by molar-refractivity contribution is 7.89. The highest BCUT2D eigenvalue weighted by Gasteiger charge is 2.33. The maximum atomic E-state index is 13.1. The molecule has 0 radical (unpaired) electrons. The Morgan fingerprint density at radius 2 is 1.89 bits per heavy atom. The Bertz CT molecular complexity index is 744. The maximum absolute atomic E-state index is 13.1. The molecule has 27 heavy (non-hydrogen) atoms. The van der Waals surface area contributed by atoms with E-state index in [1.54, 1.807) is 6.07 Å². The minimum Gasteiger partial charge on any atom is -0.373 e.